The van der Waals surface area contributed by atoms with Crippen molar-refractivity contribution in [2.45, 2.75) is 26.3 Å². The fraction of sp³-hybridized carbons (Fsp3) is 0.350. The topological polar surface area (TPSA) is 73.6 Å². The molecule has 1 amide bonds. The van der Waals surface area contributed by atoms with Crippen LogP contribution in [0.1, 0.15) is 23.1 Å². The molecule has 142 valence electrons. The highest BCUT2D eigenvalue weighted by molar-refractivity contribution is 5.85. The van der Waals surface area contributed by atoms with Crippen molar-refractivity contribution < 1.29 is 14.3 Å². The third-order valence-electron chi connectivity index (χ3n) is 3.92. The van der Waals surface area contributed by atoms with E-state index in [0.717, 1.165) is 28.1 Å². The summed E-state index contributed by atoms with van der Waals surface area (Å²) in [6, 6.07) is 13.6. The van der Waals surface area contributed by atoms with Crippen molar-refractivity contribution in [3.63, 3.8) is 0 Å². The molecule has 0 fully saturated rings. The van der Waals surface area contributed by atoms with Crippen molar-refractivity contribution in [3.8, 4) is 5.75 Å². The van der Waals surface area contributed by atoms with E-state index in [1.165, 1.54) is 0 Å². The second kappa shape index (κ2) is 11.4. The van der Waals surface area contributed by atoms with Gasteiger partial charge in [-0.25, -0.2) is 0 Å². The van der Waals surface area contributed by atoms with Crippen molar-refractivity contribution in [2.24, 2.45) is 0 Å². The smallest absolute Gasteiger partial charge is 0.220 e. The minimum Gasteiger partial charge on any atom is -0.491 e. The Kier molecular flexibility index (Phi) is 9.55. The summed E-state index contributed by atoms with van der Waals surface area (Å²) < 4.78 is 10.8. The van der Waals surface area contributed by atoms with Gasteiger partial charge in [0.25, 0.3) is 0 Å². The molecule has 0 aliphatic rings. The van der Waals surface area contributed by atoms with Gasteiger partial charge in [0.05, 0.1) is 6.61 Å². The maximum atomic E-state index is 12.1. The van der Waals surface area contributed by atoms with E-state index in [-0.39, 0.29) is 18.3 Å². The molecule has 26 heavy (non-hydrogen) atoms. The molecule has 0 saturated carbocycles. The van der Waals surface area contributed by atoms with Crippen LogP contribution in [0, 0.1) is 6.92 Å². The molecule has 0 atom stereocenters. The van der Waals surface area contributed by atoms with Crippen LogP contribution in [0.2, 0.25) is 0 Å². The number of rotatable bonds is 9. The van der Waals surface area contributed by atoms with Crippen LogP contribution < -0.4 is 15.8 Å². The number of hydrogen-bond acceptors (Lipinski definition) is 4. The number of nitrogens with one attached hydrogen (secondary N) is 1. The van der Waals surface area contributed by atoms with Gasteiger partial charge in [-0.05, 0) is 36.6 Å². The van der Waals surface area contributed by atoms with Crippen LogP contribution in [0.25, 0.3) is 0 Å². The monoisotopic (exact) mass is 378 g/mol. The average Bonchev–Trinajstić information content (AvgIpc) is 2.60. The van der Waals surface area contributed by atoms with E-state index in [1.54, 1.807) is 7.11 Å². The lowest BCUT2D eigenvalue weighted by Crippen LogP contribution is -2.23. The van der Waals surface area contributed by atoms with Crippen LogP contribution in [-0.2, 0) is 22.5 Å². The number of carbonyl (C=O) groups excluding carboxylic acids is 1. The molecule has 0 aliphatic carbocycles. The molecule has 5 nitrogen and oxygen atoms in total. The molecule has 3 N–H and O–H groups in total. The quantitative estimate of drug-likeness (QED) is 0.518. The second-order valence-electron chi connectivity index (χ2n) is 5.93. The predicted molar refractivity (Wildman–Crippen MR) is 107 cm³/mol. The number of anilines is 1. The van der Waals surface area contributed by atoms with Crippen LogP contribution in [0.4, 0.5) is 5.69 Å². The number of para-hydroxylation sites is 1. The van der Waals surface area contributed by atoms with Gasteiger partial charge >= 0.3 is 0 Å². The molecule has 6 heteroatoms. The SMILES string of the molecule is COCCOc1cc(C)ccc1CNC(=O)CCc1ccccc1N.Cl. The van der Waals surface area contributed by atoms with Gasteiger partial charge < -0.3 is 20.5 Å². The van der Waals surface area contributed by atoms with E-state index in [9.17, 15) is 4.79 Å². The van der Waals surface area contributed by atoms with Gasteiger partial charge in [0.15, 0.2) is 0 Å². The summed E-state index contributed by atoms with van der Waals surface area (Å²) in [5, 5.41) is 2.95. The first-order chi connectivity index (χ1) is 12.1. The maximum Gasteiger partial charge on any atom is 0.220 e. The van der Waals surface area contributed by atoms with E-state index in [4.69, 9.17) is 15.2 Å². The van der Waals surface area contributed by atoms with Crippen LogP contribution in [0.15, 0.2) is 42.5 Å². The van der Waals surface area contributed by atoms with E-state index >= 15 is 0 Å². The number of nitrogens with two attached hydrogens (primary N) is 1. The molecule has 2 rings (SSSR count). The Morgan fingerprint density at radius 3 is 2.62 bits per heavy atom. The van der Waals surface area contributed by atoms with Crippen molar-refractivity contribution in [1.29, 1.82) is 0 Å². The number of halogens is 1. The van der Waals surface area contributed by atoms with Gasteiger partial charge in [-0.15, -0.1) is 12.4 Å². The third-order valence-corrected chi connectivity index (χ3v) is 3.92. The molecule has 0 saturated heterocycles. The Morgan fingerprint density at radius 1 is 1.12 bits per heavy atom. The molecule has 2 aromatic carbocycles. The fourth-order valence-corrected chi connectivity index (χ4v) is 2.47. The van der Waals surface area contributed by atoms with Gasteiger partial charge in [-0.3, -0.25) is 4.79 Å². The largest absolute Gasteiger partial charge is 0.491 e. The molecule has 0 aromatic heterocycles. The number of carbonyl (C=O) groups is 1. The number of benzene rings is 2. The van der Waals surface area contributed by atoms with E-state index in [0.29, 0.717) is 32.6 Å². The Hall–Kier alpha value is -2.24. The Bertz CT molecular complexity index is 707. The van der Waals surface area contributed by atoms with Crippen LogP contribution in [0.3, 0.4) is 0 Å². The van der Waals surface area contributed by atoms with Gasteiger partial charge in [-0.2, -0.15) is 0 Å². The Labute approximate surface area is 161 Å². The van der Waals surface area contributed by atoms with E-state index < -0.39 is 0 Å². The number of ether oxygens (including phenoxy) is 2. The highest BCUT2D eigenvalue weighted by Crippen LogP contribution is 2.20. The molecule has 0 radical (unpaired) electrons. The third kappa shape index (κ3) is 6.94. The van der Waals surface area contributed by atoms with E-state index in [2.05, 4.69) is 5.32 Å². The molecule has 0 aliphatic heterocycles. The van der Waals surface area contributed by atoms with Crippen LogP contribution >= 0.6 is 12.4 Å². The number of hydrogen-bond donors (Lipinski definition) is 2. The van der Waals surface area contributed by atoms with Crippen LogP contribution in [0.5, 0.6) is 5.75 Å². The molecular weight excluding hydrogens is 352 g/mol. The summed E-state index contributed by atoms with van der Waals surface area (Å²) in [5.74, 6) is 0.774. The zero-order valence-corrected chi connectivity index (χ0v) is 16.1. The number of amides is 1. The molecular formula is C20H27ClN2O3. The lowest BCUT2D eigenvalue weighted by molar-refractivity contribution is -0.121. The van der Waals surface area contributed by atoms with Crippen LogP contribution in [-0.4, -0.2) is 26.2 Å². The van der Waals surface area contributed by atoms with Gasteiger partial charge in [-0.1, -0.05) is 30.3 Å². The summed E-state index contributed by atoms with van der Waals surface area (Å²) in [4.78, 5) is 12.1. The maximum absolute atomic E-state index is 12.1. The van der Waals surface area contributed by atoms with Gasteiger partial charge in [0, 0.05) is 31.3 Å². The summed E-state index contributed by atoms with van der Waals surface area (Å²) in [6.45, 7) is 3.45. The highest BCUT2D eigenvalue weighted by atomic mass is 35.5. The molecule has 0 bridgehead atoms. The summed E-state index contributed by atoms with van der Waals surface area (Å²) in [6.07, 6.45) is 1.03. The first kappa shape index (κ1) is 21.8. The molecule has 0 unspecified atom stereocenters. The van der Waals surface area contributed by atoms with Gasteiger partial charge in [0.1, 0.15) is 12.4 Å². The molecule has 0 heterocycles. The summed E-state index contributed by atoms with van der Waals surface area (Å²) in [5.41, 5.74) is 9.69. The minimum absolute atomic E-state index is 0. The van der Waals surface area contributed by atoms with E-state index in [1.807, 2.05) is 49.4 Å². The highest BCUT2D eigenvalue weighted by Gasteiger charge is 2.08. The zero-order valence-electron chi connectivity index (χ0n) is 15.3. The minimum atomic E-state index is -0.00771. The number of aryl methyl sites for hydroxylation is 2. The van der Waals surface area contributed by atoms with Gasteiger partial charge in [0.2, 0.25) is 5.91 Å². The first-order valence-electron chi connectivity index (χ1n) is 8.41. The Balaban J connectivity index is 0.00000338. The number of methoxy groups -OCH3 is 1. The molecule has 0 spiro atoms. The normalized spacial score (nSPS) is 10.1. The van der Waals surface area contributed by atoms with Crippen molar-refractivity contribution in [1.82, 2.24) is 5.32 Å². The lowest BCUT2D eigenvalue weighted by Gasteiger charge is -2.13. The summed E-state index contributed by atoms with van der Waals surface area (Å²) >= 11 is 0. The zero-order chi connectivity index (χ0) is 18.1. The average molecular weight is 379 g/mol. The van der Waals surface area contributed by atoms with Crippen molar-refractivity contribution >= 4 is 24.0 Å². The Morgan fingerprint density at radius 2 is 1.88 bits per heavy atom. The van der Waals surface area contributed by atoms with Crippen molar-refractivity contribution in [2.75, 3.05) is 26.1 Å². The predicted octanol–water partition coefficient (Wildman–Crippen LogP) is 3.27. The van der Waals surface area contributed by atoms with Crippen molar-refractivity contribution in [3.05, 3.63) is 59.2 Å². The lowest BCUT2D eigenvalue weighted by atomic mass is 10.1. The standard InChI is InChI=1S/C20H26N2O3.ClH/c1-15-7-8-17(19(13-15)25-12-11-24-2)14-22-20(23)10-9-16-5-3-4-6-18(16)21;/h3-8,13H,9-12,14,21H2,1-2H3,(H,22,23);1H. The number of nitrogen functional groups attached to an aromatic ring is 1. The molecule has 2 aromatic rings. The first-order valence-corrected chi connectivity index (χ1v) is 8.41. The fourth-order valence-electron chi connectivity index (χ4n) is 2.47. The second-order valence-corrected chi connectivity index (χ2v) is 5.93. The summed E-state index contributed by atoms with van der Waals surface area (Å²) in [7, 11) is 1.64.